The van der Waals surface area contributed by atoms with E-state index in [9.17, 15) is 0 Å². The van der Waals surface area contributed by atoms with Crippen molar-refractivity contribution < 1.29 is 0 Å². The van der Waals surface area contributed by atoms with E-state index in [4.69, 9.17) is 0 Å². The van der Waals surface area contributed by atoms with Crippen LogP contribution in [-0.4, -0.2) is 37.1 Å². The maximum Gasteiger partial charge on any atom is 0.00385 e. The van der Waals surface area contributed by atoms with Crippen LogP contribution in [0.25, 0.3) is 0 Å². The van der Waals surface area contributed by atoms with Gasteiger partial charge in [-0.25, -0.2) is 0 Å². The van der Waals surface area contributed by atoms with Crippen LogP contribution in [-0.2, 0) is 0 Å². The predicted molar refractivity (Wildman–Crippen MR) is 51.2 cm³/mol. The Morgan fingerprint density at radius 3 is 2.08 bits per heavy atom. The number of nitrogens with zero attached hydrogens (tertiary/aromatic N) is 1. The lowest BCUT2D eigenvalue weighted by Gasteiger charge is -2.49. The van der Waals surface area contributed by atoms with Gasteiger partial charge in [-0.15, -0.1) is 0 Å². The molecule has 0 bridgehead atoms. The van der Waals surface area contributed by atoms with Crippen LogP contribution in [0.1, 0.15) is 26.7 Å². The zero-order valence-corrected chi connectivity index (χ0v) is 8.27. The summed E-state index contributed by atoms with van der Waals surface area (Å²) in [6, 6.07) is 0.746. The standard InChI is InChI=1S/C10H20N2/c1-9(2)12-5-3-10(4-6-12)7-11-8-10/h9,11H,3-8H2,1-2H3. The third-order valence-electron chi connectivity index (χ3n) is 3.59. The van der Waals surface area contributed by atoms with Gasteiger partial charge in [0.05, 0.1) is 0 Å². The molecule has 1 spiro atoms. The Balaban J connectivity index is 1.84. The van der Waals surface area contributed by atoms with Gasteiger partial charge in [-0.2, -0.15) is 0 Å². The Morgan fingerprint density at radius 1 is 1.17 bits per heavy atom. The molecular formula is C10H20N2. The third-order valence-corrected chi connectivity index (χ3v) is 3.59. The second-order valence-electron chi connectivity index (χ2n) is 4.73. The van der Waals surface area contributed by atoms with E-state index in [-0.39, 0.29) is 0 Å². The molecular weight excluding hydrogens is 148 g/mol. The molecule has 2 aliphatic rings. The van der Waals surface area contributed by atoms with E-state index in [1.165, 1.54) is 39.0 Å². The van der Waals surface area contributed by atoms with Crippen molar-refractivity contribution in [2.75, 3.05) is 26.2 Å². The molecule has 0 aromatic heterocycles. The normalized spacial score (nSPS) is 29.2. The molecule has 70 valence electrons. The molecule has 0 aliphatic carbocycles. The monoisotopic (exact) mass is 168 g/mol. The maximum absolute atomic E-state index is 3.40. The SMILES string of the molecule is CC(C)N1CCC2(CC1)CNC2. The molecule has 0 unspecified atom stereocenters. The van der Waals surface area contributed by atoms with E-state index in [1.54, 1.807) is 0 Å². The van der Waals surface area contributed by atoms with Crippen molar-refractivity contribution >= 4 is 0 Å². The topological polar surface area (TPSA) is 15.3 Å². The molecule has 2 heterocycles. The number of nitrogens with one attached hydrogen (secondary N) is 1. The van der Waals surface area contributed by atoms with Gasteiger partial charge in [0.1, 0.15) is 0 Å². The van der Waals surface area contributed by atoms with Crippen LogP contribution in [0.3, 0.4) is 0 Å². The van der Waals surface area contributed by atoms with E-state index >= 15 is 0 Å². The van der Waals surface area contributed by atoms with Gasteiger partial charge in [0.2, 0.25) is 0 Å². The highest BCUT2D eigenvalue weighted by Gasteiger charge is 2.39. The Kier molecular flexibility index (Phi) is 2.13. The minimum atomic E-state index is 0.714. The molecule has 0 radical (unpaired) electrons. The predicted octanol–water partition coefficient (Wildman–Crippen LogP) is 1.08. The molecule has 2 aliphatic heterocycles. The summed E-state index contributed by atoms with van der Waals surface area (Å²) in [6.07, 6.45) is 2.83. The summed E-state index contributed by atoms with van der Waals surface area (Å²) in [4.78, 5) is 2.60. The van der Waals surface area contributed by atoms with Crippen LogP contribution in [0.5, 0.6) is 0 Å². The molecule has 0 aromatic rings. The molecule has 0 atom stereocenters. The average molecular weight is 168 g/mol. The lowest BCUT2D eigenvalue weighted by molar-refractivity contribution is 0.0418. The van der Waals surface area contributed by atoms with Crippen molar-refractivity contribution in [1.29, 1.82) is 0 Å². The lowest BCUT2D eigenvalue weighted by Crippen LogP contribution is -2.58. The van der Waals surface area contributed by atoms with Gasteiger partial charge in [-0.3, -0.25) is 0 Å². The second kappa shape index (κ2) is 3.00. The minimum absolute atomic E-state index is 0.714. The molecule has 1 N–H and O–H groups in total. The Morgan fingerprint density at radius 2 is 1.75 bits per heavy atom. The summed E-state index contributed by atoms with van der Waals surface area (Å²) in [7, 11) is 0. The van der Waals surface area contributed by atoms with E-state index < -0.39 is 0 Å². The van der Waals surface area contributed by atoms with Crippen molar-refractivity contribution in [3.05, 3.63) is 0 Å². The highest BCUT2D eigenvalue weighted by atomic mass is 15.2. The van der Waals surface area contributed by atoms with Gasteiger partial charge >= 0.3 is 0 Å². The van der Waals surface area contributed by atoms with Crippen molar-refractivity contribution in [3.63, 3.8) is 0 Å². The Labute approximate surface area is 75.3 Å². The highest BCUT2D eigenvalue weighted by molar-refractivity contribution is 4.96. The fourth-order valence-electron chi connectivity index (χ4n) is 2.35. The van der Waals surface area contributed by atoms with Crippen molar-refractivity contribution in [3.8, 4) is 0 Å². The number of hydrogen-bond acceptors (Lipinski definition) is 2. The van der Waals surface area contributed by atoms with Gasteiger partial charge < -0.3 is 10.2 Å². The van der Waals surface area contributed by atoms with E-state index in [1.807, 2.05) is 0 Å². The second-order valence-corrected chi connectivity index (χ2v) is 4.73. The zero-order chi connectivity index (χ0) is 8.60. The summed E-state index contributed by atoms with van der Waals surface area (Å²) in [6.45, 7) is 9.80. The fourth-order valence-corrected chi connectivity index (χ4v) is 2.35. The van der Waals surface area contributed by atoms with Crippen LogP contribution >= 0.6 is 0 Å². The van der Waals surface area contributed by atoms with Gasteiger partial charge in [0.15, 0.2) is 0 Å². The van der Waals surface area contributed by atoms with Crippen LogP contribution in [0, 0.1) is 5.41 Å². The Hall–Kier alpha value is -0.0800. The summed E-state index contributed by atoms with van der Waals surface area (Å²) in [5.41, 5.74) is 0.714. The van der Waals surface area contributed by atoms with E-state index in [0.29, 0.717) is 5.41 Å². The molecule has 0 aromatic carbocycles. The van der Waals surface area contributed by atoms with Crippen LogP contribution in [0.15, 0.2) is 0 Å². The largest absolute Gasteiger partial charge is 0.316 e. The molecule has 2 fully saturated rings. The molecule has 2 nitrogen and oxygen atoms in total. The molecule has 2 rings (SSSR count). The fraction of sp³-hybridized carbons (Fsp3) is 1.00. The quantitative estimate of drug-likeness (QED) is 0.630. The number of rotatable bonds is 1. The maximum atomic E-state index is 3.40. The summed E-state index contributed by atoms with van der Waals surface area (Å²) in [5, 5.41) is 3.40. The first-order chi connectivity index (χ1) is 5.72. The molecule has 12 heavy (non-hydrogen) atoms. The number of likely N-dealkylation sites (tertiary alicyclic amines) is 1. The van der Waals surface area contributed by atoms with Gasteiger partial charge in [0.25, 0.3) is 0 Å². The molecule has 2 heteroatoms. The third kappa shape index (κ3) is 1.38. The molecule has 2 saturated heterocycles. The van der Waals surface area contributed by atoms with Crippen molar-refractivity contribution in [2.45, 2.75) is 32.7 Å². The lowest BCUT2D eigenvalue weighted by atomic mass is 9.73. The first-order valence-electron chi connectivity index (χ1n) is 5.17. The van der Waals surface area contributed by atoms with Crippen LogP contribution < -0.4 is 5.32 Å². The van der Waals surface area contributed by atoms with Crippen molar-refractivity contribution in [1.82, 2.24) is 10.2 Å². The Bertz CT molecular complexity index is 151. The van der Waals surface area contributed by atoms with Gasteiger partial charge in [-0.1, -0.05) is 0 Å². The molecule has 0 saturated carbocycles. The summed E-state index contributed by atoms with van der Waals surface area (Å²) in [5.74, 6) is 0. The first kappa shape index (κ1) is 8.52. The summed E-state index contributed by atoms with van der Waals surface area (Å²) >= 11 is 0. The number of piperidine rings is 1. The van der Waals surface area contributed by atoms with Gasteiger partial charge in [-0.05, 0) is 45.2 Å². The van der Waals surface area contributed by atoms with E-state index in [2.05, 4.69) is 24.1 Å². The summed E-state index contributed by atoms with van der Waals surface area (Å²) < 4.78 is 0. The minimum Gasteiger partial charge on any atom is -0.316 e. The van der Waals surface area contributed by atoms with E-state index in [0.717, 1.165) is 6.04 Å². The first-order valence-corrected chi connectivity index (χ1v) is 5.17. The molecule has 0 amide bonds. The number of hydrogen-bond donors (Lipinski definition) is 1. The van der Waals surface area contributed by atoms with Crippen LogP contribution in [0.4, 0.5) is 0 Å². The smallest absolute Gasteiger partial charge is 0.00385 e. The zero-order valence-electron chi connectivity index (χ0n) is 8.27. The average Bonchev–Trinajstić information content (AvgIpc) is 2.02. The van der Waals surface area contributed by atoms with Crippen LogP contribution in [0.2, 0.25) is 0 Å². The highest BCUT2D eigenvalue weighted by Crippen LogP contribution is 2.35. The van der Waals surface area contributed by atoms with Crippen molar-refractivity contribution in [2.24, 2.45) is 5.41 Å². The van der Waals surface area contributed by atoms with Gasteiger partial charge in [0, 0.05) is 19.1 Å².